The predicted molar refractivity (Wildman–Crippen MR) is 93.0 cm³/mol. The molecule has 23 heavy (non-hydrogen) atoms. The van der Waals surface area contributed by atoms with E-state index in [1.807, 2.05) is 41.3 Å². The van der Waals surface area contributed by atoms with Crippen LogP contribution in [0, 0.1) is 0 Å². The molecule has 4 rings (SSSR count). The Bertz CT molecular complexity index is 912. The van der Waals surface area contributed by atoms with Gasteiger partial charge in [0.25, 0.3) is 0 Å². The van der Waals surface area contributed by atoms with Crippen LogP contribution in [0.4, 0.5) is 5.82 Å². The first-order chi connectivity index (χ1) is 11.3. The third kappa shape index (κ3) is 2.73. The Hall–Kier alpha value is -2.95. The maximum atomic E-state index is 4.72. The molecule has 5 nitrogen and oxygen atoms in total. The van der Waals surface area contributed by atoms with Gasteiger partial charge in [-0.2, -0.15) is 5.10 Å². The van der Waals surface area contributed by atoms with Crippen LogP contribution in [-0.4, -0.2) is 19.6 Å². The highest BCUT2D eigenvalue weighted by molar-refractivity contribution is 5.80. The van der Waals surface area contributed by atoms with Crippen LogP contribution in [0.25, 0.3) is 11.2 Å². The van der Waals surface area contributed by atoms with Crippen molar-refractivity contribution in [3.63, 3.8) is 0 Å². The minimum absolute atomic E-state index is 0. The monoisotopic (exact) mass is 305 g/mol. The van der Waals surface area contributed by atoms with Crippen LogP contribution >= 0.6 is 0 Å². The third-order valence-electron chi connectivity index (χ3n) is 3.96. The number of rotatable bonds is 4. The average molecular weight is 305 g/mol. The molecule has 0 radical (unpaired) electrons. The van der Waals surface area contributed by atoms with E-state index in [0.717, 1.165) is 29.0 Å². The number of hydrogen-bond acceptors (Lipinski definition) is 4. The lowest BCUT2D eigenvalue weighted by molar-refractivity contribution is 0.936. The SMILES string of the molecule is CC1=CCC(c2cnn3ccc(NCc4cccnc4)nc23)=C1.[HH]. The van der Waals surface area contributed by atoms with Gasteiger partial charge in [0.15, 0.2) is 5.65 Å². The molecule has 0 atom stereocenters. The Morgan fingerprint density at radius 1 is 1.30 bits per heavy atom. The maximum Gasteiger partial charge on any atom is 0.164 e. The van der Waals surface area contributed by atoms with E-state index >= 15 is 0 Å². The summed E-state index contributed by atoms with van der Waals surface area (Å²) in [6, 6.07) is 5.91. The smallest absolute Gasteiger partial charge is 0.164 e. The van der Waals surface area contributed by atoms with Gasteiger partial charge < -0.3 is 5.32 Å². The van der Waals surface area contributed by atoms with Crippen LogP contribution < -0.4 is 5.32 Å². The number of hydrogen-bond donors (Lipinski definition) is 1. The van der Waals surface area contributed by atoms with Crippen LogP contribution in [-0.2, 0) is 6.54 Å². The largest absolute Gasteiger partial charge is 0.366 e. The fourth-order valence-electron chi connectivity index (χ4n) is 2.74. The van der Waals surface area contributed by atoms with Gasteiger partial charge in [0.1, 0.15) is 5.82 Å². The van der Waals surface area contributed by atoms with Crippen molar-refractivity contribution in [3.05, 3.63) is 71.8 Å². The lowest BCUT2D eigenvalue weighted by Gasteiger charge is -2.06. The van der Waals surface area contributed by atoms with Crippen molar-refractivity contribution in [2.45, 2.75) is 19.9 Å². The number of anilines is 1. The van der Waals surface area contributed by atoms with Gasteiger partial charge in [-0.3, -0.25) is 4.98 Å². The molecule has 1 N–H and O–H groups in total. The molecule has 0 fully saturated rings. The highest BCUT2D eigenvalue weighted by Gasteiger charge is 2.13. The minimum Gasteiger partial charge on any atom is -0.366 e. The van der Waals surface area contributed by atoms with Gasteiger partial charge in [-0.25, -0.2) is 9.50 Å². The number of pyridine rings is 1. The summed E-state index contributed by atoms with van der Waals surface area (Å²) in [7, 11) is 0. The molecule has 1 aliphatic carbocycles. The van der Waals surface area contributed by atoms with E-state index in [9.17, 15) is 0 Å². The number of fused-ring (bicyclic) bond motifs is 1. The van der Waals surface area contributed by atoms with Crippen molar-refractivity contribution in [1.82, 2.24) is 19.6 Å². The van der Waals surface area contributed by atoms with E-state index in [1.165, 1.54) is 11.1 Å². The summed E-state index contributed by atoms with van der Waals surface area (Å²) < 4.78 is 1.82. The second-order valence-electron chi connectivity index (χ2n) is 5.68. The molecule has 0 unspecified atom stereocenters. The quantitative estimate of drug-likeness (QED) is 0.798. The van der Waals surface area contributed by atoms with E-state index < -0.39 is 0 Å². The summed E-state index contributed by atoms with van der Waals surface area (Å²) in [5.74, 6) is 0.839. The van der Waals surface area contributed by atoms with Gasteiger partial charge in [0, 0.05) is 32.1 Å². The summed E-state index contributed by atoms with van der Waals surface area (Å²) in [5, 5.41) is 7.74. The Morgan fingerprint density at radius 2 is 2.26 bits per heavy atom. The Kier molecular flexibility index (Phi) is 3.38. The Morgan fingerprint density at radius 3 is 3.04 bits per heavy atom. The summed E-state index contributed by atoms with van der Waals surface area (Å²) in [5.41, 5.74) is 5.68. The van der Waals surface area contributed by atoms with E-state index in [2.05, 4.69) is 34.5 Å². The first-order valence-electron chi connectivity index (χ1n) is 7.64. The lowest BCUT2D eigenvalue weighted by atomic mass is 10.1. The molecule has 5 heteroatoms. The molecule has 1 aliphatic rings. The van der Waals surface area contributed by atoms with Crippen molar-refractivity contribution in [1.29, 1.82) is 0 Å². The summed E-state index contributed by atoms with van der Waals surface area (Å²) in [6.07, 6.45) is 12.8. The Balaban J connectivity index is 0.00000169. The van der Waals surface area contributed by atoms with Crippen molar-refractivity contribution in [3.8, 4) is 0 Å². The fraction of sp³-hybridized carbons (Fsp3) is 0.167. The van der Waals surface area contributed by atoms with Crippen molar-refractivity contribution in [2.24, 2.45) is 0 Å². The van der Waals surface area contributed by atoms with E-state index in [1.54, 1.807) is 6.20 Å². The molecule has 3 aromatic heterocycles. The second-order valence-corrected chi connectivity index (χ2v) is 5.68. The Labute approximate surface area is 135 Å². The standard InChI is InChI=1S/C18H17N5.H2/c1-13-4-5-15(9-13)16-12-21-23-8-6-17(22-18(16)23)20-11-14-3-2-7-19-10-14;/h2-4,6-10,12H,5,11H2,1H3,(H,20,22);1H. The molecule has 0 bridgehead atoms. The molecule has 0 spiro atoms. The predicted octanol–water partition coefficient (Wildman–Crippen LogP) is 3.72. The zero-order valence-corrected chi connectivity index (χ0v) is 12.9. The molecule has 3 heterocycles. The molecular weight excluding hydrogens is 286 g/mol. The summed E-state index contributed by atoms with van der Waals surface area (Å²) >= 11 is 0. The van der Waals surface area contributed by atoms with Crippen molar-refractivity contribution < 1.29 is 1.43 Å². The zero-order chi connectivity index (χ0) is 15.6. The van der Waals surface area contributed by atoms with Gasteiger partial charge in [0.2, 0.25) is 0 Å². The highest BCUT2D eigenvalue weighted by atomic mass is 15.2. The summed E-state index contributed by atoms with van der Waals surface area (Å²) in [4.78, 5) is 8.85. The van der Waals surface area contributed by atoms with E-state index in [-0.39, 0.29) is 1.43 Å². The molecule has 116 valence electrons. The number of nitrogens with zero attached hydrogens (tertiary/aromatic N) is 4. The van der Waals surface area contributed by atoms with Crippen molar-refractivity contribution in [2.75, 3.05) is 5.32 Å². The lowest BCUT2D eigenvalue weighted by Crippen LogP contribution is -2.03. The van der Waals surface area contributed by atoms with Gasteiger partial charge in [-0.15, -0.1) is 0 Å². The molecule has 0 amide bonds. The molecule has 0 aliphatic heterocycles. The van der Waals surface area contributed by atoms with Crippen LogP contribution in [0.3, 0.4) is 0 Å². The number of allylic oxidation sites excluding steroid dienone is 4. The van der Waals surface area contributed by atoms with Crippen LogP contribution in [0.2, 0.25) is 0 Å². The van der Waals surface area contributed by atoms with Crippen LogP contribution in [0.1, 0.15) is 25.9 Å². The molecule has 0 aromatic carbocycles. The maximum absolute atomic E-state index is 4.72. The van der Waals surface area contributed by atoms with E-state index in [4.69, 9.17) is 4.98 Å². The number of aromatic nitrogens is 4. The third-order valence-corrected chi connectivity index (χ3v) is 3.96. The first-order valence-corrected chi connectivity index (χ1v) is 7.64. The molecule has 0 saturated carbocycles. The molecule has 3 aromatic rings. The van der Waals surface area contributed by atoms with E-state index in [0.29, 0.717) is 6.54 Å². The second kappa shape index (κ2) is 5.68. The minimum atomic E-state index is 0. The average Bonchev–Trinajstić information content (AvgIpc) is 3.19. The molecular formula is C18H19N5. The normalized spacial score (nSPS) is 14.0. The highest BCUT2D eigenvalue weighted by Crippen LogP contribution is 2.29. The van der Waals surface area contributed by atoms with Gasteiger partial charge in [0.05, 0.1) is 6.20 Å². The zero-order valence-electron chi connectivity index (χ0n) is 12.9. The fourth-order valence-corrected chi connectivity index (χ4v) is 2.74. The molecule has 0 saturated heterocycles. The van der Waals surface area contributed by atoms with Crippen LogP contribution in [0.5, 0.6) is 0 Å². The van der Waals surface area contributed by atoms with Gasteiger partial charge >= 0.3 is 0 Å². The van der Waals surface area contributed by atoms with Crippen molar-refractivity contribution >= 4 is 17.0 Å². The number of nitrogens with one attached hydrogen (secondary N) is 1. The first kappa shape index (κ1) is 13.7. The summed E-state index contributed by atoms with van der Waals surface area (Å²) in [6.45, 7) is 2.82. The topological polar surface area (TPSA) is 55.1 Å². The van der Waals surface area contributed by atoms with Gasteiger partial charge in [-0.1, -0.05) is 23.8 Å². The van der Waals surface area contributed by atoms with Crippen LogP contribution in [0.15, 0.2) is 60.7 Å². The van der Waals surface area contributed by atoms with Gasteiger partial charge in [-0.05, 0) is 36.6 Å².